The highest BCUT2D eigenvalue weighted by Gasteiger charge is 2.31. The number of amides is 3. The molecule has 1 aromatic heterocycles. The van der Waals surface area contributed by atoms with Gasteiger partial charge < -0.3 is 25.5 Å². The van der Waals surface area contributed by atoms with Crippen LogP contribution in [0.4, 0.5) is 11.4 Å². The zero-order valence-corrected chi connectivity index (χ0v) is 23.1. The van der Waals surface area contributed by atoms with Crippen molar-refractivity contribution in [1.29, 1.82) is 0 Å². The number of aryl methyl sites for hydroxylation is 1. The van der Waals surface area contributed by atoms with Gasteiger partial charge >= 0.3 is 5.97 Å². The molecule has 2 aromatic carbocycles. The van der Waals surface area contributed by atoms with Crippen molar-refractivity contribution in [3.8, 4) is 0 Å². The average Bonchev–Trinajstić information content (AvgIpc) is 3.66. The van der Waals surface area contributed by atoms with E-state index in [4.69, 9.17) is 0 Å². The summed E-state index contributed by atoms with van der Waals surface area (Å²) in [6.07, 6.45) is 1.43. The molecule has 1 atom stereocenters. The number of piperazine rings is 1. The van der Waals surface area contributed by atoms with E-state index in [9.17, 15) is 24.3 Å². The van der Waals surface area contributed by atoms with Crippen molar-refractivity contribution in [2.45, 2.75) is 32.2 Å². The maximum absolute atomic E-state index is 13.3. The standard InChI is InChI=1S/C30H32N4O5S/c1-19-4-6-20(7-5-19)23(18-27(35)36)31-29(38)22-10-11-25(24(17-22)32-28(37)21-8-9-21)33-12-14-34(15-13-33)30(39)26-3-2-16-40-26/h2-7,10-11,16-17,21,23H,8-9,12-15,18H2,1H3,(H,31,38)(H,32,37)(H,35,36). The maximum Gasteiger partial charge on any atom is 0.305 e. The molecule has 0 bridgehead atoms. The van der Waals surface area contributed by atoms with Gasteiger partial charge in [-0.2, -0.15) is 0 Å². The molecule has 2 aliphatic rings. The Morgan fingerprint density at radius 2 is 1.73 bits per heavy atom. The number of thiophene rings is 1. The van der Waals surface area contributed by atoms with E-state index in [1.165, 1.54) is 11.3 Å². The van der Waals surface area contributed by atoms with Crippen molar-refractivity contribution in [1.82, 2.24) is 10.2 Å². The second kappa shape index (κ2) is 11.9. The van der Waals surface area contributed by atoms with Crippen molar-refractivity contribution in [2.75, 3.05) is 36.4 Å². The van der Waals surface area contributed by atoms with Gasteiger partial charge in [0.25, 0.3) is 11.8 Å². The minimum Gasteiger partial charge on any atom is -0.481 e. The second-order valence-corrected chi connectivity index (χ2v) is 11.2. The number of rotatable bonds is 9. The summed E-state index contributed by atoms with van der Waals surface area (Å²) in [5, 5.41) is 17.2. The van der Waals surface area contributed by atoms with Gasteiger partial charge in [0.05, 0.1) is 28.7 Å². The number of nitrogens with zero attached hydrogens (tertiary/aromatic N) is 2. The first-order chi connectivity index (χ1) is 19.3. The molecule has 1 saturated carbocycles. The van der Waals surface area contributed by atoms with Crippen LogP contribution >= 0.6 is 11.3 Å². The van der Waals surface area contributed by atoms with E-state index in [-0.39, 0.29) is 24.2 Å². The topological polar surface area (TPSA) is 119 Å². The van der Waals surface area contributed by atoms with Crippen molar-refractivity contribution in [3.05, 3.63) is 81.5 Å². The van der Waals surface area contributed by atoms with E-state index >= 15 is 0 Å². The monoisotopic (exact) mass is 560 g/mol. The van der Waals surface area contributed by atoms with E-state index in [1.807, 2.05) is 59.7 Å². The molecule has 3 amide bonds. The minimum atomic E-state index is -1.02. The Hall–Kier alpha value is -4.18. The molecule has 5 rings (SSSR count). The van der Waals surface area contributed by atoms with Crippen LogP contribution in [0.15, 0.2) is 60.0 Å². The lowest BCUT2D eigenvalue weighted by atomic mass is 10.0. The highest BCUT2D eigenvalue weighted by Crippen LogP contribution is 2.34. The molecule has 208 valence electrons. The number of carboxylic acids is 1. The number of hydrogen-bond acceptors (Lipinski definition) is 6. The van der Waals surface area contributed by atoms with Crippen LogP contribution in [-0.2, 0) is 9.59 Å². The number of hydrogen-bond donors (Lipinski definition) is 3. The average molecular weight is 561 g/mol. The number of aliphatic carboxylic acids is 1. The fourth-order valence-corrected chi connectivity index (χ4v) is 5.50. The Bertz CT molecular complexity index is 1390. The normalized spacial score (nSPS) is 15.8. The Balaban J connectivity index is 1.34. The van der Waals surface area contributed by atoms with E-state index in [1.54, 1.807) is 12.1 Å². The molecule has 40 heavy (non-hydrogen) atoms. The number of nitrogens with one attached hydrogen (secondary N) is 2. The molecular weight excluding hydrogens is 528 g/mol. The van der Waals surface area contributed by atoms with Gasteiger partial charge in [-0.15, -0.1) is 11.3 Å². The van der Waals surface area contributed by atoms with Crippen molar-refractivity contribution < 1.29 is 24.3 Å². The zero-order chi connectivity index (χ0) is 28.2. The zero-order valence-electron chi connectivity index (χ0n) is 22.3. The van der Waals surface area contributed by atoms with Crippen molar-refractivity contribution in [3.63, 3.8) is 0 Å². The van der Waals surface area contributed by atoms with E-state index in [0.717, 1.165) is 24.1 Å². The van der Waals surface area contributed by atoms with E-state index in [0.29, 0.717) is 47.9 Å². The molecule has 0 spiro atoms. The Morgan fingerprint density at radius 3 is 2.35 bits per heavy atom. The Kier molecular flexibility index (Phi) is 8.16. The summed E-state index contributed by atoms with van der Waals surface area (Å²) in [6, 6.07) is 15.5. The minimum absolute atomic E-state index is 0.0212. The second-order valence-electron chi connectivity index (χ2n) is 10.3. The molecule has 1 aliphatic carbocycles. The van der Waals surface area contributed by atoms with E-state index in [2.05, 4.69) is 15.5 Å². The molecule has 2 fully saturated rings. The van der Waals surface area contributed by atoms with Crippen molar-refractivity contribution in [2.24, 2.45) is 5.92 Å². The predicted molar refractivity (Wildman–Crippen MR) is 154 cm³/mol. The van der Waals surface area contributed by atoms with Crippen LogP contribution in [0.5, 0.6) is 0 Å². The SMILES string of the molecule is Cc1ccc(C(CC(=O)O)NC(=O)c2ccc(N3CCN(C(=O)c4cccs4)CC3)c(NC(=O)C3CC3)c2)cc1. The fourth-order valence-electron chi connectivity index (χ4n) is 4.81. The van der Waals surface area contributed by atoms with Crippen LogP contribution < -0.4 is 15.5 Å². The number of carbonyl (C=O) groups is 4. The van der Waals surface area contributed by atoms with Gasteiger partial charge in [-0.1, -0.05) is 35.9 Å². The van der Waals surface area contributed by atoms with Gasteiger partial charge in [-0.3, -0.25) is 19.2 Å². The maximum atomic E-state index is 13.3. The smallest absolute Gasteiger partial charge is 0.305 e. The van der Waals surface area contributed by atoms with Crippen molar-refractivity contribution >= 4 is 46.4 Å². The van der Waals surface area contributed by atoms with Gasteiger partial charge in [0.1, 0.15) is 0 Å². The molecule has 2 heterocycles. The van der Waals surface area contributed by atoms with Gasteiger partial charge in [-0.25, -0.2) is 0 Å². The lowest BCUT2D eigenvalue weighted by Gasteiger charge is -2.37. The molecule has 9 nitrogen and oxygen atoms in total. The third kappa shape index (κ3) is 6.51. The van der Waals surface area contributed by atoms with Crippen LogP contribution in [0.2, 0.25) is 0 Å². The third-order valence-electron chi connectivity index (χ3n) is 7.27. The lowest BCUT2D eigenvalue weighted by Crippen LogP contribution is -2.48. The number of carboxylic acid groups (broad SMARTS) is 1. The quantitative estimate of drug-likeness (QED) is 0.359. The first-order valence-electron chi connectivity index (χ1n) is 13.4. The summed E-state index contributed by atoms with van der Waals surface area (Å²) in [5.41, 5.74) is 3.38. The van der Waals surface area contributed by atoms with Crippen LogP contribution in [0.1, 0.15) is 56.5 Å². The summed E-state index contributed by atoms with van der Waals surface area (Å²) in [4.78, 5) is 55.0. The molecule has 3 N–H and O–H groups in total. The van der Waals surface area contributed by atoms with Crippen LogP contribution in [0, 0.1) is 12.8 Å². The van der Waals surface area contributed by atoms with Gasteiger partial charge in [0, 0.05) is 37.7 Å². The van der Waals surface area contributed by atoms with Gasteiger partial charge in [0.15, 0.2) is 0 Å². The van der Waals surface area contributed by atoms with Crippen LogP contribution in [0.25, 0.3) is 0 Å². The van der Waals surface area contributed by atoms with Crippen LogP contribution in [0.3, 0.4) is 0 Å². The molecule has 0 radical (unpaired) electrons. The largest absolute Gasteiger partial charge is 0.481 e. The third-order valence-corrected chi connectivity index (χ3v) is 8.13. The Morgan fingerprint density at radius 1 is 1.00 bits per heavy atom. The molecule has 10 heteroatoms. The first kappa shape index (κ1) is 27.4. The summed E-state index contributed by atoms with van der Waals surface area (Å²) in [6.45, 7) is 4.20. The molecular formula is C30H32N4O5S. The summed E-state index contributed by atoms with van der Waals surface area (Å²) in [5.74, 6) is -1.52. The highest BCUT2D eigenvalue weighted by molar-refractivity contribution is 7.12. The summed E-state index contributed by atoms with van der Waals surface area (Å²) in [7, 11) is 0. The first-order valence-corrected chi connectivity index (χ1v) is 14.3. The molecule has 1 unspecified atom stereocenters. The molecule has 3 aromatic rings. The fraction of sp³-hybridized carbons (Fsp3) is 0.333. The summed E-state index contributed by atoms with van der Waals surface area (Å²) < 4.78 is 0. The molecule has 1 aliphatic heterocycles. The number of anilines is 2. The highest BCUT2D eigenvalue weighted by atomic mass is 32.1. The predicted octanol–water partition coefficient (Wildman–Crippen LogP) is 4.31. The Labute approximate surface area is 236 Å². The van der Waals surface area contributed by atoms with E-state index < -0.39 is 17.9 Å². The van der Waals surface area contributed by atoms with Gasteiger partial charge in [-0.05, 0) is 55.0 Å². The van der Waals surface area contributed by atoms with Gasteiger partial charge in [0.2, 0.25) is 5.91 Å². The van der Waals surface area contributed by atoms with Crippen LogP contribution in [-0.4, -0.2) is 59.9 Å². The number of carbonyl (C=O) groups excluding carboxylic acids is 3. The molecule has 1 saturated heterocycles. The summed E-state index contributed by atoms with van der Waals surface area (Å²) >= 11 is 1.43. The lowest BCUT2D eigenvalue weighted by molar-refractivity contribution is -0.137. The number of benzene rings is 2.